The molecule has 0 aliphatic carbocycles. The first-order valence-electron chi connectivity index (χ1n) is 6.42. The summed E-state index contributed by atoms with van der Waals surface area (Å²) in [5, 5.41) is 9.67. The largest absolute Gasteiger partial charge is 0.390 e. The third kappa shape index (κ3) is 4.52. The first-order chi connectivity index (χ1) is 7.42. The summed E-state index contributed by atoms with van der Waals surface area (Å²) in [4.78, 5) is 13.8. The summed E-state index contributed by atoms with van der Waals surface area (Å²) in [5.41, 5.74) is -0.670. The fraction of sp³-hybridized carbons (Fsp3) is 0.923. The van der Waals surface area contributed by atoms with E-state index in [2.05, 4.69) is 6.92 Å². The van der Waals surface area contributed by atoms with Gasteiger partial charge in [0.1, 0.15) is 0 Å². The molecule has 0 aromatic carbocycles. The van der Waals surface area contributed by atoms with Gasteiger partial charge in [-0.05, 0) is 39.0 Å². The SMILES string of the molecule is CCC1CCC(=O)N(CCC(C)(C)O)CC1. The standard InChI is InChI=1S/C13H25NO2/c1-4-11-5-6-12(15)14(9-7-11)10-8-13(2,3)16/h11,16H,4-10H2,1-3H3. The first-order valence-corrected chi connectivity index (χ1v) is 6.42. The molecule has 1 heterocycles. The Kier molecular flexibility index (Phi) is 4.78. The molecular weight excluding hydrogens is 202 g/mol. The summed E-state index contributed by atoms with van der Waals surface area (Å²) < 4.78 is 0. The quantitative estimate of drug-likeness (QED) is 0.799. The van der Waals surface area contributed by atoms with E-state index in [1.54, 1.807) is 13.8 Å². The second kappa shape index (κ2) is 5.67. The van der Waals surface area contributed by atoms with Crippen molar-refractivity contribution in [2.75, 3.05) is 13.1 Å². The van der Waals surface area contributed by atoms with Crippen LogP contribution in [0.25, 0.3) is 0 Å². The zero-order valence-corrected chi connectivity index (χ0v) is 10.8. The van der Waals surface area contributed by atoms with Crippen LogP contribution in [0.3, 0.4) is 0 Å². The van der Waals surface area contributed by atoms with Crippen molar-refractivity contribution in [2.45, 2.75) is 58.5 Å². The molecule has 1 unspecified atom stereocenters. The summed E-state index contributed by atoms with van der Waals surface area (Å²) in [6.07, 6.45) is 4.68. The van der Waals surface area contributed by atoms with Crippen LogP contribution >= 0.6 is 0 Å². The molecule has 1 atom stereocenters. The number of rotatable bonds is 4. The van der Waals surface area contributed by atoms with E-state index in [-0.39, 0.29) is 5.91 Å². The van der Waals surface area contributed by atoms with Crippen LogP contribution < -0.4 is 0 Å². The zero-order valence-electron chi connectivity index (χ0n) is 10.8. The summed E-state index contributed by atoms with van der Waals surface area (Å²) in [5.74, 6) is 0.969. The van der Waals surface area contributed by atoms with Crippen LogP contribution in [0.2, 0.25) is 0 Å². The average molecular weight is 227 g/mol. The predicted octanol–water partition coefficient (Wildman–Crippen LogP) is 2.19. The van der Waals surface area contributed by atoms with Gasteiger partial charge in [-0.2, -0.15) is 0 Å². The molecule has 0 radical (unpaired) electrons. The van der Waals surface area contributed by atoms with Crippen LogP contribution in [0, 0.1) is 5.92 Å². The fourth-order valence-corrected chi connectivity index (χ4v) is 2.15. The minimum atomic E-state index is -0.670. The Labute approximate surface area is 98.8 Å². The van der Waals surface area contributed by atoms with Gasteiger partial charge in [0, 0.05) is 19.5 Å². The molecule has 1 fully saturated rings. The van der Waals surface area contributed by atoms with Crippen LogP contribution in [-0.4, -0.2) is 34.6 Å². The van der Waals surface area contributed by atoms with E-state index in [1.807, 2.05) is 4.90 Å². The minimum Gasteiger partial charge on any atom is -0.390 e. The Morgan fingerprint density at radius 2 is 2.12 bits per heavy atom. The van der Waals surface area contributed by atoms with E-state index in [9.17, 15) is 9.90 Å². The van der Waals surface area contributed by atoms with Gasteiger partial charge < -0.3 is 10.0 Å². The summed E-state index contributed by atoms with van der Waals surface area (Å²) in [6.45, 7) is 7.35. The zero-order chi connectivity index (χ0) is 12.2. The molecule has 3 heteroatoms. The monoisotopic (exact) mass is 227 g/mol. The van der Waals surface area contributed by atoms with Gasteiger partial charge in [0.25, 0.3) is 0 Å². The van der Waals surface area contributed by atoms with Gasteiger partial charge in [0.2, 0.25) is 5.91 Å². The van der Waals surface area contributed by atoms with Gasteiger partial charge in [0.15, 0.2) is 0 Å². The van der Waals surface area contributed by atoms with Gasteiger partial charge in [-0.3, -0.25) is 4.79 Å². The topological polar surface area (TPSA) is 40.5 Å². The Balaban J connectivity index is 2.43. The average Bonchev–Trinajstić information content (AvgIpc) is 2.36. The number of hydrogen-bond acceptors (Lipinski definition) is 2. The van der Waals surface area contributed by atoms with Gasteiger partial charge in [-0.25, -0.2) is 0 Å². The normalized spacial score (nSPS) is 23.4. The molecule has 3 nitrogen and oxygen atoms in total. The highest BCUT2D eigenvalue weighted by Crippen LogP contribution is 2.21. The van der Waals surface area contributed by atoms with Crippen LogP contribution in [0.4, 0.5) is 0 Å². The minimum absolute atomic E-state index is 0.264. The third-order valence-electron chi connectivity index (χ3n) is 3.50. The van der Waals surface area contributed by atoms with Crippen molar-refractivity contribution in [3.8, 4) is 0 Å². The van der Waals surface area contributed by atoms with Crippen LogP contribution in [-0.2, 0) is 4.79 Å². The Morgan fingerprint density at radius 3 is 2.69 bits per heavy atom. The maximum absolute atomic E-state index is 11.8. The molecule has 16 heavy (non-hydrogen) atoms. The number of nitrogens with zero attached hydrogens (tertiary/aromatic N) is 1. The van der Waals surface area contributed by atoms with Crippen LogP contribution in [0.1, 0.15) is 52.9 Å². The van der Waals surface area contributed by atoms with Crippen LogP contribution in [0.5, 0.6) is 0 Å². The predicted molar refractivity (Wildman–Crippen MR) is 65.1 cm³/mol. The van der Waals surface area contributed by atoms with Crippen molar-refractivity contribution in [1.82, 2.24) is 4.90 Å². The third-order valence-corrected chi connectivity index (χ3v) is 3.50. The van der Waals surface area contributed by atoms with E-state index in [4.69, 9.17) is 0 Å². The second-order valence-electron chi connectivity index (χ2n) is 5.54. The molecule has 94 valence electrons. The number of carbonyl (C=O) groups excluding carboxylic acids is 1. The maximum atomic E-state index is 11.8. The fourth-order valence-electron chi connectivity index (χ4n) is 2.15. The lowest BCUT2D eigenvalue weighted by Crippen LogP contribution is -2.35. The summed E-state index contributed by atoms with van der Waals surface area (Å²) in [6, 6.07) is 0. The number of likely N-dealkylation sites (tertiary alicyclic amines) is 1. The molecule has 1 rings (SSSR count). The molecule has 0 spiro atoms. The van der Waals surface area contributed by atoms with E-state index < -0.39 is 5.60 Å². The summed E-state index contributed by atoms with van der Waals surface area (Å²) >= 11 is 0. The molecule has 1 N–H and O–H groups in total. The molecular formula is C13H25NO2. The van der Waals surface area contributed by atoms with E-state index >= 15 is 0 Å². The molecule has 1 amide bonds. The van der Waals surface area contributed by atoms with Gasteiger partial charge >= 0.3 is 0 Å². The molecule has 0 aromatic heterocycles. The second-order valence-corrected chi connectivity index (χ2v) is 5.54. The lowest BCUT2D eigenvalue weighted by molar-refractivity contribution is -0.131. The first kappa shape index (κ1) is 13.5. The lowest BCUT2D eigenvalue weighted by Gasteiger charge is -2.25. The number of amides is 1. The van der Waals surface area contributed by atoms with E-state index in [1.165, 1.54) is 6.42 Å². The lowest BCUT2D eigenvalue weighted by atomic mass is 9.98. The molecule has 0 saturated carbocycles. The number of hydrogen-bond donors (Lipinski definition) is 1. The highest BCUT2D eigenvalue weighted by molar-refractivity contribution is 5.76. The van der Waals surface area contributed by atoms with E-state index in [0.717, 1.165) is 19.4 Å². The van der Waals surface area contributed by atoms with Crippen molar-refractivity contribution in [1.29, 1.82) is 0 Å². The van der Waals surface area contributed by atoms with Gasteiger partial charge in [-0.15, -0.1) is 0 Å². The van der Waals surface area contributed by atoms with Gasteiger partial charge in [-0.1, -0.05) is 13.3 Å². The van der Waals surface area contributed by atoms with E-state index in [0.29, 0.717) is 25.3 Å². The smallest absolute Gasteiger partial charge is 0.222 e. The van der Waals surface area contributed by atoms with Crippen molar-refractivity contribution >= 4 is 5.91 Å². The molecule has 1 aliphatic rings. The highest BCUT2D eigenvalue weighted by Gasteiger charge is 2.23. The molecule has 0 bridgehead atoms. The van der Waals surface area contributed by atoms with Crippen LogP contribution in [0.15, 0.2) is 0 Å². The molecule has 0 aromatic rings. The molecule has 1 saturated heterocycles. The van der Waals surface area contributed by atoms with Gasteiger partial charge in [0.05, 0.1) is 5.60 Å². The Hall–Kier alpha value is -0.570. The molecule has 1 aliphatic heterocycles. The maximum Gasteiger partial charge on any atom is 0.222 e. The number of carbonyl (C=O) groups is 1. The van der Waals surface area contributed by atoms with Crippen molar-refractivity contribution < 1.29 is 9.90 Å². The van der Waals surface area contributed by atoms with Crippen molar-refractivity contribution in [2.24, 2.45) is 5.92 Å². The number of aliphatic hydroxyl groups is 1. The van der Waals surface area contributed by atoms with Crippen molar-refractivity contribution in [3.05, 3.63) is 0 Å². The summed E-state index contributed by atoms with van der Waals surface area (Å²) in [7, 11) is 0. The van der Waals surface area contributed by atoms with Crippen molar-refractivity contribution in [3.63, 3.8) is 0 Å². The Morgan fingerprint density at radius 1 is 1.44 bits per heavy atom. The highest BCUT2D eigenvalue weighted by atomic mass is 16.3. The Bertz CT molecular complexity index is 233.